The number of nitrogens with two attached hydrogens (primary N) is 1. The van der Waals surface area contributed by atoms with Crippen molar-refractivity contribution >= 4 is 23.4 Å². The van der Waals surface area contributed by atoms with E-state index >= 15 is 0 Å². The number of anilines is 2. The van der Waals surface area contributed by atoms with Gasteiger partial charge in [0.05, 0.1) is 11.4 Å². The third-order valence-electron chi connectivity index (χ3n) is 8.39. The average molecular weight is 444 g/mol. The Hall–Kier alpha value is -2.59. The van der Waals surface area contributed by atoms with Gasteiger partial charge in [-0.1, -0.05) is 42.8 Å². The molecule has 4 atom stereocenters. The lowest BCUT2D eigenvalue weighted by Gasteiger charge is -2.56. The third kappa shape index (κ3) is 5.16. The van der Waals surface area contributed by atoms with E-state index in [0.717, 1.165) is 29.9 Å². The number of hydrogen-bond donors (Lipinski definition) is 2. The number of para-hydroxylation sites is 2. The number of hydrogen-bond acceptors (Lipinski definition) is 3. The summed E-state index contributed by atoms with van der Waals surface area (Å²) < 4.78 is 0. The SMILES string of the molecule is CN(Cc1ccc(/C=C/C(=O)Nc2ccccc2N)cc1)CC12CCC3CCC(CC3C1)C2. The van der Waals surface area contributed by atoms with Gasteiger partial charge in [0, 0.05) is 19.2 Å². The normalized spacial score (nSPS) is 28.4. The molecule has 174 valence electrons. The van der Waals surface area contributed by atoms with Gasteiger partial charge in [0.15, 0.2) is 0 Å². The minimum absolute atomic E-state index is 0.178. The highest BCUT2D eigenvalue weighted by Gasteiger charge is 2.49. The molecule has 3 aliphatic carbocycles. The molecule has 0 spiro atoms. The zero-order chi connectivity index (χ0) is 22.8. The van der Waals surface area contributed by atoms with Crippen LogP contribution in [0.5, 0.6) is 0 Å². The van der Waals surface area contributed by atoms with Crippen molar-refractivity contribution in [3.8, 4) is 0 Å². The second kappa shape index (κ2) is 9.34. The molecule has 4 unspecified atom stereocenters. The lowest BCUT2D eigenvalue weighted by atomic mass is 9.51. The monoisotopic (exact) mass is 443 g/mol. The molecule has 0 radical (unpaired) electrons. The molecule has 0 aliphatic heterocycles. The largest absolute Gasteiger partial charge is 0.397 e. The minimum Gasteiger partial charge on any atom is -0.397 e. The number of carbonyl (C=O) groups is 1. The topological polar surface area (TPSA) is 58.4 Å². The summed E-state index contributed by atoms with van der Waals surface area (Å²) in [5.41, 5.74) is 10.0. The van der Waals surface area contributed by atoms with Gasteiger partial charge >= 0.3 is 0 Å². The first-order valence-corrected chi connectivity index (χ1v) is 12.6. The smallest absolute Gasteiger partial charge is 0.248 e. The molecule has 0 aromatic heterocycles. The summed E-state index contributed by atoms with van der Waals surface area (Å²) in [6.07, 6.45) is 13.7. The van der Waals surface area contributed by atoms with Crippen molar-refractivity contribution in [2.24, 2.45) is 23.2 Å². The molecule has 4 heteroatoms. The van der Waals surface area contributed by atoms with Crippen molar-refractivity contribution in [1.29, 1.82) is 0 Å². The molecule has 3 fully saturated rings. The minimum atomic E-state index is -0.178. The fraction of sp³-hybridized carbons (Fsp3) is 0.483. The molecule has 0 heterocycles. The van der Waals surface area contributed by atoms with Gasteiger partial charge < -0.3 is 16.0 Å². The van der Waals surface area contributed by atoms with E-state index in [4.69, 9.17) is 5.73 Å². The molecule has 0 saturated heterocycles. The molecule has 3 bridgehead atoms. The van der Waals surface area contributed by atoms with Crippen LogP contribution in [0.25, 0.3) is 6.08 Å². The molecule has 2 aromatic rings. The first-order chi connectivity index (χ1) is 16.0. The summed E-state index contributed by atoms with van der Waals surface area (Å²) in [6.45, 7) is 2.22. The van der Waals surface area contributed by atoms with Crippen LogP contribution in [0.4, 0.5) is 11.4 Å². The highest BCUT2D eigenvalue weighted by molar-refractivity contribution is 6.03. The van der Waals surface area contributed by atoms with Crippen LogP contribution in [0.1, 0.15) is 56.1 Å². The zero-order valence-electron chi connectivity index (χ0n) is 19.8. The van der Waals surface area contributed by atoms with Crippen molar-refractivity contribution in [2.75, 3.05) is 24.6 Å². The maximum Gasteiger partial charge on any atom is 0.248 e. The lowest BCUT2D eigenvalue weighted by Crippen LogP contribution is -2.48. The van der Waals surface area contributed by atoms with Gasteiger partial charge in [-0.05, 0) is 98.1 Å². The second-order valence-electron chi connectivity index (χ2n) is 11.0. The predicted octanol–water partition coefficient (Wildman–Crippen LogP) is 5.96. The standard InChI is InChI=1S/C29H37N3O/c1-32(20-29-15-14-24-12-10-23(17-29)16-25(24)18-29)19-22-8-6-21(7-9-22)11-13-28(33)31-27-5-3-2-4-26(27)30/h2-9,11,13,23-25H,10,12,14-20,30H2,1H3,(H,31,33)/b13-11+. The van der Waals surface area contributed by atoms with Crippen LogP contribution in [0, 0.1) is 23.2 Å². The zero-order valence-corrected chi connectivity index (χ0v) is 19.8. The molecule has 1 amide bonds. The van der Waals surface area contributed by atoms with Crippen LogP contribution < -0.4 is 11.1 Å². The molecule has 3 saturated carbocycles. The number of nitrogen functional groups attached to an aromatic ring is 1. The molecule has 5 rings (SSSR count). The molecule has 3 N–H and O–H groups in total. The summed E-state index contributed by atoms with van der Waals surface area (Å²) in [5.74, 6) is 2.87. The Balaban J connectivity index is 1.14. The number of fused-ring (bicyclic) bond motifs is 2. The van der Waals surface area contributed by atoms with Crippen LogP contribution >= 0.6 is 0 Å². The molecular formula is C29H37N3O. The quantitative estimate of drug-likeness (QED) is 0.410. The van der Waals surface area contributed by atoms with E-state index in [0.29, 0.717) is 16.8 Å². The van der Waals surface area contributed by atoms with E-state index in [1.165, 1.54) is 57.1 Å². The second-order valence-corrected chi connectivity index (χ2v) is 11.0. The van der Waals surface area contributed by atoms with Gasteiger partial charge in [-0.25, -0.2) is 0 Å². The summed E-state index contributed by atoms with van der Waals surface area (Å²) in [7, 11) is 2.29. The van der Waals surface area contributed by atoms with Crippen LogP contribution in [0.15, 0.2) is 54.6 Å². The lowest BCUT2D eigenvalue weighted by molar-refractivity contribution is -0.111. The van der Waals surface area contributed by atoms with Gasteiger partial charge in [-0.2, -0.15) is 0 Å². The summed E-state index contributed by atoms with van der Waals surface area (Å²) >= 11 is 0. The fourth-order valence-electron chi connectivity index (χ4n) is 7.03. The Morgan fingerprint density at radius 2 is 1.91 bits per heavy atom. The number of amides is 1. The van der Waals surface area contributed by atoms with Crippen LogP contribution in [-0.2, 0) is 11.3 Å². The van der Waals surface area contributed by atoms with Crippen molar-refractivity contribution in [2.45, 2.75) is 51.5 Å². The Morgan fingerprint density at radius 1 is 1.09 bits per heavy atom. The van der Waals surface area contributed by atoms with Crippen LogP contribution in [-0.4, -0.2) is 24.4 Å². The first kappa shape index (κ1) is 22.2. The van der Waals surface area contributed by atoms with Gasteiger partial charge in [0.2, 0.25) is 5.91 Å². The number of carbonyl (C=O) groups excluding carboxylic acids is 1. The van der Waals surface area contributed by atoms with Gasteiger partial charge in [0.25, 0.3) is 0 Å². The molecule has 4 nitrogen and oxygen atoms in total. The first-order valence-electron chi connectivity index (χ1n) is 12.6. The van der Waals surface area contributed by atoms with E-state index in [2.05, 4.69) is 41.5 Å². The fourth-order valence-corrected chi connectivity index (χ4v) is 7.03. The molecule has 2 aromatic carbocycles. The van der Waals surface area contributed by atoms with E-state index < -0.39 is 0 Å². The van der Waals surface area contributed by atoms with Crippen molar-refractivity contribution in [1.82, 2.24) is 4.90 Å². The summed E-state index contributed by atoms with van der Waals surface area (Å²) in [6, 6.07) is 15.9. The molecule has 3 aliphatic rings. The highest BCUT2D eigenvalue weighted by Crippen LogP contribution is 2.58. The Labute approximate surface area is 198 Å². The summed E-state index contributed by atoms with van der Waals surface area (Å²) in [5, 5.41) is 2.83. The van der Waals surface area contributed by atoms with Crippen LogP contribution in [0.2, 0.25) is 0 Å². The highest BCUT2D eigenvalue weighted by atomic mass is 16.1. The maximum absolute atomic E-state index is 12.2. The summed E-state index contributed by atoms with van der Waals surface area (Å²) in [4.78, 5) is 14.8. The number of nitrogens with zero attached hydrogens (tertiary/aromatic N) is 1. The number of rotatable bonds is 7. The Bertz CT molecular complexity index is 1010. The van der Waals surface area contributed by atoms with E-state index in [1.54, 1.807) is 18.2 Å². The van der Waals surface area contributed by atoms with Gasteiger partial charge in [-0.15, -0.1) is 0 Å². The van der Waals surface area contributed by atoms with E-state index in [-0.39, 0.29) is 5.91 Å². The molecular weight excluding hydrogens is 406 g/mol. The van der Waals surface area contributed by atoms with Gasteiger partial charge in [-0.3, -0.25) is 4.79 Å². The van der Waals surface area contributed by atoms with E-state index in [9.17, 15) is 4.79 Å². The number of nitrogens with one attached hydrogen (secondary N) is 1. The van der Waals surface area contributed by atoms with Crippen molar-refractivity contribution in [3.63, 3.8) is 0 Å². The van der Waals surface area contributed by atoms with Crippen molar-refractivity contribution in [3.05, 3.63) is 65.7 Å². The number of benzene rings is 2. The third-order valence-corrected chi connectivity index (χ3v) is 8.39. The van der Waals surface area contributed by atoms with E-state index in [1.807, 2.05) is 18.2 Å². The van der Waals surface area contributed by atoms with Crippen LogP contribution in [0.3, 0.4) is 0 Å². The van der Waals surface area contributed by atoms with Gasteiger partial charge in [0.1, 0.15) is 0 Å². The average Bonchev–Trinajstić information content (AvgIpc) is 2.79. The predicted molar refractivity (Wildman–Crippen MR) is 137 cm³/mol. The Morgan fingerprint density at radius 3 is 2.73 bits per heavy atom. The molecule has 33 heavy (non-hydrogen) atoms. The Kier molecular flexibility index (Phi) is 6.29. The maximum atomic E-state index is 12.2. The van der Waals surface area contributed by atoms with Crippen molar-refractivity contribution < 1.29 is 4.79 Å².